The van der Waals surface area contributed by atoms with Crippen LogP contribution in [0.2, 0.25) is 0 Å². The molecule has 0 saturated carbocycles. The number of carbonyl (C=O) groups excluding carboxylic acids is 2. The molecule has 0 saturated heterocycles. The van der Waals surface area contributed by atoms with Gasteiger partial charge in [0.25, 0.3) is 46.6 Å². The molecule has 0 amide bonds. The van der Waals surface area contributed by atoms with Crippen molar-refractivity contribution in [2.24, 2.45) is 0 Å². The van der Waals surface area contributed by atoms with Gasteiger partial charge in [-0.15, -0.1) is 0 Å². The normalized spacial score (nSPS) is 17.6. The Bertz CT molecular complexity index is 4930. The summed E-state index contributed by atoms with van der Waals surface area (Å²) in [6.07, 6.45) is 9.76. The molecule has 0 bridgehead atoms. The molecule has 4 unspecified atom stereocenters. The van der Waals surface area contributed by atoms with E-state index in [2.05, 4.69) is 21.3 Å². The molecule has 4 N–H and O–H groups in total. The topological polar surface area (TPSA) is 269 Å². The summed E-state index contributed by atoms with van der Waals surface area (Å²) in [7, 11) is -4.60. The molecule has 8 aromatic rings. The Morgan fingerprint density at radius 3 is 1.14 bits per heavy atom. The van der Waals surface area contributed by atoms with Crippen molar-refractivity contribution < 1.29 is 62.2 Å². The number of fused-ring (bicyclic) bond motifs is 8. The molecular formula is C84H108N8O14S4. The number of anilines is 4. The summed E-state index contributed by atoms with van der Waals surface area (Å²) in [5, 5.41) is 14.2. The number of methoxy groups -OCH3 is 2. The zero-order valence-corrected chi connectivity index (χ0v) is 68.4. The lowest BCUT2D eigenvalue weighted by atomic mass is 9.95. The second-order valence-electron chi connectivity index (χ2n) is 27.8. The third-order valence-electron chi connectivity index (χ3n) is 20.2. The minimum Gasteiger partial charge on any atom is -0.468 e. The largest absolute Gasteiger partial charge is 0.468 e. The maximum atomic E-state index is 13.3. The van der Waals surface area contributed by atoms with E-state index < -0.39 is 40.1 Å². The summed E-state index contributed by atoms with van der Waals surface area (Å²) in [5.74, 6) is -0.132. The summed E-state index contributed by atoms with van der Waals surface area (Å²) < 4.78 is 131. The van der Waals surface area contributed by atoms with Crippen molar-refractivity contribution in [2.75, 3.05) is 112 Å². The first-order valence-electron chi connectivity index (χ1n) is 37.6. The van der Waals surface area contributed by atoms with Gasteiger partial charge in [0, 0.05) is 62.0 Å². The average molecular weight is 1580 g/mol. The van der Waals surface area contributed by atoms with E-state index in [-0.39, 0.29) is 30.1 Å². The summed E-state index contributed by atoms with van der Waals surface area (Å²) in [5.41, 5.74) is 13.6. The highest BCUT2D eigenvalue weighted by Gasteiger charge is 2.39. The van der Waals surface area contributed by atoms with Gasteiger partial charge in [0.2, 0.25) is 0 Å². The maximum absolute atomic E-state index is 13.3. The van der Waals surface area contributed by atoms with Crippen LogP contribution in [0.4, 0.5) is 22.7 Å². The van der Waals surface area contributed by atoms with Crippen molar-refractivity contribution in [1.29, 1.82) is 0 Å². The molecule has 4 aliphatic heterocycles. The molecule has 26 heteroatoms. The van der Waals surface area contributed by atoms with Gasteiger partial charge in [0.15, 0.2) is 0 Å². The molecule has 4 atom stereocenters. The predicted octanol–water partition coefficient (Wildman–Crippen LogP) is 13.6. The first kappa shape index (κ1) is 85.5. The van der Waals surface area contributed by atoms with Gasteiger partial charge < -0.3 is 40.2 Å². The maximum Gasteiger partial charge on any atom is 0.305 e. The lowest BCUT2D eigenvalue weighted by Gasteiger charge is -2.24. The van der Waals surface area contributed by atoms with E-state index in [0.717, 1.165) is 163 Å². The molecule has 0 aromatic heterocycles. The lowest BCUT2D eigenvalue weighted by Crippen LogP contribution is -2.27. The Balaban J connectivity index is 0.000000169. The Morgan fingerprint density at radius 1 is 0.382 bits per heavy atom. The van der Waals surface area contributed by atoms with Crippen LogP contribution >= 0.6 is 0 Å². The van der Waals surface area contributed by atoms with Gasteiger partial charge in [0.1, 0.15) is 0 Å². The summed E-state index contributed by atoms with van der Waals surface area (Å²) in [6.45, 7) is 15.2. The van der Waals surface area contributed by atoms with E-state index in [0.29, 0.717) is 76.0 Å². The van der Waals surface area contributed by atoms with Gasteiger partial charge >= 0.3 is 5.97 Å². The Hall–Kier alpha value is -8.54. The van der Waals surface area contributed by atoms with Gasteiger partial charge in [-0.05, 0) is 209 Å². The van der Waals surface area contributed by atoms with Crippen LogP contribution in [-0.2, 0) is 68.6 Å². The number of hydrogen-bond donors (Lipinski definition) is 4. The van der Waals surface area contributed by atoms with Crippen molar-refractivity contribution in [3.63, 3.8) is 0 Å². The standard InChI is InChI=1S/C24H32N2O4S.C22H28N2O4S.2C19H24N2O3S/c1-4-30-23(27)13-7-5-6-10-16-25-24-19-11-8-9-12-21(19)26(3)31(28,29)22-17-18(2)14-15-20(22)24;1-17-11-12-19-21(15-17)29(26,27)24(2)20-10-6-5-9-18(20)22(19)23-13-7-3-4-8-14-28-16-25;1-14-8-6-10-16-18(20-12-7-13-24-3)15-9-4-5-11-17(15)25(22,23)21(2)19(14)16;1-14-9-10-16-18(13-14)25(22,23)21(2)17-8-5-4-7-15(17)19(16)20-11-6-12-24-3/h8-9,11-12,14-15,17,24-25H,4-7,10,13,16H2,1-3H3;5-6,9-12,15-16,22-23H,3-4,7-8,13-14H2,1-2H3;4-6,8-11,18,20H,7,12-13H2,1-3H3;4-5,7-10,13,19-20H,6,11-12H2,1-3H3. The fraction of sp³-hybridized carbons (Fsp3) is 0.405. The number of rotatable bonds is 28. The van der Waals surface area contributed by atoms with Crippen molar-refractivity contribution in [1.82, 2.24) is 21.3 Å². The molecule has 0 spiro atoms. The second kappa shape index (κ2) is 39.6. The SMILES string of the molecule is CCOC(=O)CCCCCCNC1c2ccccc2N(C)S(=O)(=O)c2cc(C)ccc21.COCCCNC1c2ccccc2N(C)S(=O)(=O)c2cc(C)ccc21.COCCCNC1c2ccccc2S(=O)(=O)N(C)c2c(C)cccc21.Cc1ccc2c(c1)S(=O)(=O)N(C)c1ccccc1C2NCCCCCCOC=O. The van der Waals surface area contributed by atoms with E-state index >= 15 is 0 Å². The number of benzene rings is 8. The van der Waals surface area contributed by atoms with Crippen molar-refractivity contribution in [3.05, 3.63) is 237 Å². The predicted molar refractivity (Wildman–Crippen MR) is 435 cm³/mol. The molecule has 4 heterocycles. The van der Waals surface area contributed by atoms with Crippen molar-refractivity contribution in [2.45, 2.75) is 149 Å². The minimum absolute atomic E-state index is 0.132. The third-order valence-corrected chi connectivity index (χ3v) is 27.5. The Labute approximate surface area is 652 Å². The zero-order chi connectivity index (χ0) is 79.3. The van der Waals surface area contributed by atoms with Crippen LogP contribution in [0, 0.1) is 27.7 Å². The molecule has 4 aliphatic rings. The third kappa shape index (κ3) is 20.0. The lowest BCUT2D eigenvalue weighted by molar-refractivity contribution is -0.143. The number of ether oxygens (including phenoxy) is 4. The van der Waals surface area contributed by atoms with Crippen molar-refractivity contribution >= 4 is 75.3 Å². The fourth-order valence-corrected chi connectivity index (χ4v) is 20.6. The first-order chi connectivity index (χ1) is 52.8. The number of aryl methyl sites for hydroxylation is 4. The Morgan fingerprint density at radius 2 is 0.727 bits per heavy atom. The number of nitrogens with one attached hydrogen (secondary N) is 4. The van der Waals surface area contributed by atoms with E-state index in [4.69, 9.17) is 18.9 Å². The second-order valence-corrected chi connectivity index (χ2v) is 35.6. The fourth-order valence-electron chi connectivity index (χ4n) is 14.4. The molecule has 0 aliphatic carbocycles. The van der Waals surface area contributed by atoms with Crippen LogP contribution in [0.5, 0.6) is 0 Å². The van der Waals surface area contributed by atoms with Gasteiger partial charge in [0.05, 0.1) is 79.7 Å². The highest BCUT2D eigenvalue weighted by atomic mass is 32.2. The molecule has 0 radical (unpaired) electrons. The van der Waals surface area contributed by atoms with E-state index in [1.54, 1.807) is 72.7 Å². The van der Waals surface area contributed by atoms with Gasteiger partial charge in [-0.3, -0.25) is 26.8 Å². The monoisotopic (exact) mass is 1580 g/mol. The van der Waals surface area contributed by atoms with Gasteiger partial charge in [-0.25, -0.2) is 33.7 Å². The number of carbonyl (C=O) groups is 2. The Kier molecular flexibility index (Phi) is 30.7. The van der Waals surface area contributed by atoms with E-state index in [1.807, 2.05) is 174 Å². The number of sulfonamides is 4. The smallest absolute Gasteiger partial charge is 0.305 e. The van der Waals surface area contributed by atoms with Crippen LogP contribution in [0.25, 0.3) is 0 Å². The van der Waals surface area contributed by atoms with Crippen LogP contribution in [0.1, 0.15) is 168 Å². The average Bonchev–Trinajstić information content (AvgIpc) is 1.62. The molecule has 592 valence electrons. The number of hydrogen-bond acceptors (Lipinski definition) is 18. The summed E-state index contributed by atoms with van der Waals surface area (Å²) in [4.78, 5) is 23.0. The van der Waals surface area contributed by atoms with Crippen LogP contribution in [0.15, 0.2) is 189 Å². The van der Waals surface area contributed by atoms with Gasteiger partial charge in [-0.2, -0.15) is 0 Å². The van der Waals surface area contributed by atoms with Crippen molar-refractivity contribution in [3.8, 4) is 0 Å². The number of nitrogens with zero attached hydrogens (tertiary/aromatic N) is 4. The molecule has 12 rings (SSSR count). The molecular weight excluding hydrogens is 1470 g/mol. The first-order valence-corrected chi connectivity index (χ1v) is 43.4. The molecule has 110 heavy (non-hydrogen) atoms. The van der Waals surface area contributed by atoms with E-state index in [1.165, 1.54) is 17.2 Å². The quantitative estimate of drug-likeness (QED) is 0.0202. The molecule has 22 nitrogen and oxygen atoms in total. The molecule has 0 fully saturated rings. The summed E-state index contributed by atoms with van der Waals surface area (Å²) >= 11 is 0. The van der Waals surface area contributed by atoms with Crippen LogP contribution in [0.3, 0.4) is 0 Å². The van der Waals surface area contributed by atoms with Gasteiger partial charge in [-0.1, -0.05) is 153 Å². The number of unbranched alkanes of at least 4 members (excludes halogenated alkanes) is 6. The molecule has 8 aromatic carbocycles. The van der Waals surface area contributed by atoms with E-state index in [9.17, 15) is 43.3 Å². The van der Waals surface area contributed by atoms with Crippen LogP contribution < -0.4 is 38.5 Å². The number of para-hydroxylation sites is 4. The van der Waals surface area contributed by atoms with Crippen LogP contribution in [-0.4, -0.2) is 141 Å². The highest BCUT2D eigenvalue weighted by Crippen LogP contribution is 2.45. The minimum atomic E-state index is -3.63. The zero-order valence-electron chi connectivity index (χ0n) is 65.1. The number of esters is 1. The summed E-state index contributed by atoms with van der Waals surface area (Å²) in [6, 6.07) is 52.3. The highest BCUT2D eigenvalue weighted by molar-refractivity contribution is 7.93.